The maximum absolute atomic E-state index is 12.5. The van der Waals surface area contributed by atoms with Crippen LogP contribution < -0.4 is 21.6 Å². The van der Waals surface area contributed by atoms with Crippen LogP contribution in [-0.2, 0) is 4.79 Å². The molecule has 0 aliphatic carbocycles. The highest BCUT2D eigenvalue weighted by atomic mass is 31.2. The fourth-order valence-corrected chi connectivity index (χ4v) is 8.52. The van der Waals surface area contributed by atoms with Crippen LogP contribution in [0.5, 0.6) is 0 Å². The van der Waals surface area contributed by atoms with Gasteiger partial charge in [-0.15, -0.1) is 0 Å². The van der Waals surface area contributed by atoms with Crippen molar-refractivity contribution in [2.24, 2.45) is 5.73 Å². The minimum absolute atomic E-state index is 0.0456. The first-order chi connectivity index (χ1) is 16.8. The summed E-state index contributed by atoms with van der Waals surface area (Å²) in [6.45, 7) is 2.40. The van der Waals surface area contributed by atoms with Gasteiger partial charge in [-0.25, -0.2) is 0 Å². The molecule has 0 radical (unpaired) electrons. The molecule has 3 aromatic carbocycles. The van der Waals surface area contributed by atoms with Gasteiger partial charge in [-0.3, -0.25) is 10.2 Å². The molecule has 6 nitrogen and oxygen atoms in total. The summed E-state index contributed by atoms with van der Waals surface area (Å²) in [7, 11) is 3.71. The summed E-state index contributed by atoms with van der Waals surface area (Å²) in [4.78, 5) is 17.9. The lowest BCUT2D eigenvalue weighted by Gasteiger charge is -2.30. The van der Waals surface area contributed by atoms with Gasteiger partial charge in [-0.05, 0) is 43.4 Å². The molecule has 0 spiro atoms. The third-order valence-electron chi connectivity index (χ3n) is 6.43. The first-order valence-corrected chi connectivity index (χ1v) is 13.8. The van der Waals surface area contributed by atoms with Crippen LogP contribution in [0.1, 0.15) is 0 Å². The fourth-order valence-electron chi connectivity index (χ4n) is 4.17. The van der Waals surface area contributed by atoms with Crippen LogP contribution in [0, 0.1) is 5.41 Å². The lowest BCUT2D eigenvalue weighted by molar-refractivity contribution is -0.130. The first-order valence-electron chi connectivity index (χ1n) is 11.9. The topological polar surface area (TPSA) is 76.7 Å². The Labute approximate surface area is 210 Å². The average Bonchev–Trinajstić information content (AvgIpc) is 2.89. The van der Waals surface area contributed by atoms with E-state index < -0.39 is 7.26 Å². The van der Waals surface area contributed by atoms with Crippen LogP contribution in [-0.4, -0.2) is 80.1 Å². The lowest BCUT2D eigenvalue weighted by Crippen LogP contribution is -2.44. The molecular weight excluding hydrogens is 453 g/mol. The van der Waals surface area contributed by atoms with Gasteiger partial charge >= 0.3 is 0 Å². The van der Waals surface area contributed by atoms with Gasteiger partial charge < -0.3 is 20.4 Å². The number of rotatable bonds is 11. The van der Waals surface area contributed by atoms with Gasteiger partial charge in [0.15, 0.2) is 5.96 Å². The van der Waals surface area contributed by atoms with Crippen molar-refractivity contribution in [2.45, 2.75) is 0 Å². The Morgan fingerprint density at radius 3 is 1.54 bits per heavy atom. The average molecular weight is 491 g/mol. The van der Waals surface area contributed by atoms with E-state index in [1.807, 2.05) is 0 Å². The van der Waals surface area contributed by atoms with Crippen molar-refractivity contribution in [3.8, 4) is 0 Å². The maximum Gasteiger partial charge on any atom is 0.241 e. The van der Waals surface area contributed by atoms with Crippen LogP contribution in [0.15, 0.2) is 91.0 Å². The summed E-state index contributed by atoms with van der Waals surface area (Å²) in [5, 5.41) is 11.6. The Hall–Kier alpha value is -3.21. The molecule has 184 valence electrons. The second kappa shape index (κ2) is 12.5. The Bertz CT molecular complexity index is 982. The van der Waals surface area contributed by atoms with E-state index in [2.05, 4.69) is 103 Å². The zero-order chi connectivity index (χ0) is 25.3. The zero-order valence-electron chi connectivity index (χ0n) is 21.0. The molecule has 0 heterocycles. The van der Waals surface area contributed by atoms with E-state index in [9.17, 15) is 4.79 Å². The SMILES string of the molecule is CN(CCN(C)C(=O)CN(C)C(=N)N)CC[P+](c1ccccc1)(c1ccccc1)c1ccccc1. The number of nitrogens with zero attached hydrogens (tertiary/aromatic N) is 3. The number of carbonyl (C=O) groups excluding carboxylic acids is 1. The maximum atomic E-state index is 12.5. The standard InChI is InChI=1S/C28H37N5OP/c1-31(19-20-32(2)27(34)23-33(3)28(29)30)21-22-35(24-13-7-4-8-14-24,25-15-9-5-10-16-25)26-17-11-6-12-18-26/h4-18H,19-23H2,1-3H3,(H3,29,30)/q+1. The first kappa shape index (κ1) is 26.4. The van der Waals surface area contributed by atoms with Crippen molar-refractivity contribution < 1.29 is 4.79 Å². The van der Waals surface area contributed by atoms with Crippen molar-refractivity contribution in [3.05, 3.63) is 91.0 Å². The second-order valence-electron chi connectivity index (χ2n) is 8.90. The Morgan fingerprint density at radius 2 is 1.14 bits per heavy atom. The number of hydrogen-bond acceptors (Lipinski definition) is 3. The molecule has 1 amide bonds. The number of nitrogens with one attached hydrogen (secondary N) is 1. The zero-order valence-corrected chi connectivity index (χ0v) is 21.9. The van der Waals surface area contributed by atoms with Gasteiger partial charge in [0, 0.05) is 33.7 Å². The van der Waals surface area contributed by atoms with Crippen LogP contribution in [0.25, 0.3) is 0 Å². The van der Waals surface area contributed by atoms with Crippen LogP contribution in [0.2, 0.25) is 0 Å². The van der Waals surface area contributed by atoms with Crippen molar-refractivity contribution in [2.75, 3.05) is 53.5 Å². The van der Waals surface area contributed by atoms with E-state index in [-0.39, 0.29) is 18.4 Å². The molecule has 0 fully saturated rings. The van der Waals surface area contributed by atoms with Crippen molar-refractivity contribution in [1.29, 1.82) is 5.41 Å². The summed E-state index contributed by atoms with van der Waals surface area (Å²) < 4.78 is 0. The number of benzene rings is 3. The van der Waals surface area contributed by atoms with Gasteiger partial charge in [-0.1, -0.05) is 54.6 Å². The number of carbonyl (C=O) groups is 1. The number of nitrogens with two attached hydrogens (primary N) is 1. The molecule has 35 heavy (non-hydrogen) atoms. The number of amides is 1. The van der Waals surface area contributed by atoms with Crippen molar-refractivity contribution in [1.82, 2.24) is 14.7 Å². The molecule has 0 saturated carbocycles. The minimum atomic E-state index is -1.87. The molecule has 7 heteroatoms. The third kappa shape index (κ3) is 6.68. The number of likely N-dealkylation sites (N-methyl/N-ethyl adjacent to an activating group) is 3. The van der Waals surface area contributed by atoms with Crippen molar-refractivity contribution in [3.63, 3.8) is 0 Å². The monoisotopic (exact) mass is 490 g/mol. The highest BCUT2D eigenvalue weighted by Crippen LogP contribution is 2.55. The molecular formula is C28H37N5OP+. The quantitative estimate of drug-likeness (QED) is 0.246. The summed E-state index contributed by atoms with van der Waals surface area (Å²) >= 11 is 0. The summed E-state index contributed by atoms with van der Waals surface area (Å²) in [6.07, 6.45) is 1.01. The third-order valence-corrected chi connectivity index (χ3v) is 10.8. The van der Waals surface area contributed by atoms with Crippen LogP contribution in [0.4, 0.5) is 0 Å². The predicted molar refractivity (Wildman–Crippen MR) is 150 cm³/mol. The molecule has 3 rings (SSSR count). The van der Waals surface area contributed by atoms with E-state index in [1.165, 1.54) is 20.8 Å². The minimum Gasteiger partial charge on any atom is -0.370 e. The molecule has 0 atom stereocenters. The largest absolute Gasteiger partial charge is 0.370 e. The predicted octanol–water partition coefficient (Wildman–Crippen LogP) is 2.20. The Morgan fingerprint density at radius 1 is 0.714 bits per heavy atom. The summed E-state index contributed by atoms with van der Waals surface area (Å²) in [5.41, 5.74) is 5.46. The van der Waals surface area contributed by atoms with Crippen LogP contribution >= 0.6 is 7.26 Å². The normalized spacial score (nSPS) is 11.3. The second-order valence-corrected chi connectivity index (χ2v) is 12.5. The number of guanidine groups is 1. The molecule has 0 bridgehead atoms. The van der Waals surface area contributed by atoms with Gasteiger partial charge in [0.1, 0.15) is 23.2 Å². The number of hydrogen-bond donors (Lipinski definition) is 2. The molecule has 0 aromatic heterocycles. The van der Waals surface area contributed by atoms with E-state index in [0.717, 1.165) is 19.3 Å². The Kier molecular flexibility index (Phi) is 9.41. The molecule has 0 aliphatic heterocycles. The van der Waals surface area contributed by atoms with Crippen molar-refractivity contribution >= 4 is 35.0 Å². The van der Waals surface area contributed by atoms with E-state index in [0.29, 0.717) is 6.54 Å². The fraction of sp³-hybridized carbons (Fsp3) is 0.286. The summed E-state index contributed by atoms with van der Waals surface area (Å²) in [6, 6.07) is 32.7. The van der Waals surface area contributed by atoms with E-state index >= 15 is 0 Å². The van der Waals surface area contributed by atoms with E-state index in [1.54, 1.807) is 19.0 Å². The smallest absolute Gasteiger partial charge is 0.241 e. The highest BCUT2D eigenvalue weighted by Gasteiger charge is 2.44. The van der Waals surface area contributed by atoms with Crippen LogP contribution in [0.3, 0.4) is 0 Å². The van der Waals surface area contributed by atoms with E-state index in [4.69, 9.17) is 11.1 Å². The van der Waals surface area contributed by atoms with Gasteiger partial charge in [0.25, 0.3) is 0 Å². The van der Waals surface area contributed by atoms with Gasteiger partial charge in [-0.2, -0.15) is 0 Å². The summed E-state index contributed by atoms with van der Waals surface area (Å²) in [5.74, 6) is -0.150. The highest BCUT2D eigenvalue weighted by molar-refractivity contribution is 7.95. The molecule has 3 aromatic rings. The Balaban J connectivity index is 1.79. The molecule has 0 saturated heterocycles. The van der Waals surface area contributed by atoms with Gasteiger partial charge in [0.05, 0.1) is 12.7 Å². The molecule has 0 unspecified atom stereocenters. The molecule has 0 aliphatic rings. The lowest BCUT2D eigenvalue weighted by atomic mass is 10.4. The van der Waals surface area contributed by atoms with Gasteiger partial charge in [0.2, 0.25) is 5.91 Å². The molecule has 3 N–H and O–H groups in total.